The van der Waals surface area contributed by atoms with Gasteiger partial charge in [-0.15, -0.1) is 0 Å². The molecule has 0 aromatic carbocycles. The van der Waals surface area contributed by atoms with Gasteiger partial charge in [0.15, 0.2) is 0 Å². The third-order valence-corrected chi connectivity index (χ3v) is 5.58. The van der Waals surface area contributed by atoms with Crippen LogP contribution in [0.5, 0.6) is 0 Å². The van der Waals surface area contributed by atoms with Gasteiger partial charge in [0.25, 0.3) is 0 Å². The van der Waals surface area contributed by atoms with E-state index in [2.05, 4.69) is 10.6 Å². The lowest BCUT2D eigenvalue weighted by atomic mass is 9.77. The standard InChI is InChI=1S/C17H32N2O/c1-2-8-17(19-12-10-14-6-5-13-20-14)15(7-1)16-9-3-4-11-18-16/h14-19H,1-13H2. The van der Waals surface area contributed by atoms with Gasteiger partial charge in [-0.2, -0.15) is 0 Å². The second kappa shape index (κ2) is 7.77. The summed E-state index contributed by atoms with van der Waals surface area (Å²) < 4.78 is 5.73. The molecule has 0 bridgehead atoms. The van der Waals surface area contributed by atoms with E-state index in [4.69, 9.17) is 4.74 Å². The van der Waals surface area contributed by atoms with E-state index >= 15 is 0 Å². The van der Waals surface area contributed by atoms with Crippen LogP contribution in [0, 0.1) is 5.92 Å². The average Bonchev–Trinajstić information content (AvgIpc) is 3.02. The Labute approximate surface area is 124 Å². The fourth-order valence-electron chi connectivity index (χ4n) is 4.44. The summed E-state index contributed by atoms with van der Waals surface area (Å²) in [5, 5.41) is 7.66. The van der Waals surface area contributed by atoms with Gasteiger partial charge >= 0.3 is 0 Å². The summed E-state index contributed by atoms with van der Waals surface area (Å²) in [6.45, 7) is 3.38. The molecule has 3 nitrogen and oxygen atoms in total. The maximum Gasteiger partial charge on any atom is 0.0588 e. The molecule has 2 N–H and O–H groups in total. The lowest BCUT2D eigenvalue weighted by Gasteiger charge is -2.40. The number of hydrogen-bond acceptors (Lipinski definition) is 3. The Morgan fingerprint density at radius 2 is 1.85 bits per heavy atom. The molecule has 1 aliphatic carbocycles. The van der Waals surface area contributed by atoms with Crippen molar-refractivity contribution in [1.29, 1.82) is 0 Å². The maximum absolute atomic E-state index is 5.73. The minimum atomic E-state index is 0.539. The lowest BCUT2D eigenvalue weighted by molar-refractivity contribution is 0.100. The minimum Gasteiger partial charge on any atom is -0.378 e. The van der Waals surface area contributed by atoms with Crippen molar-refractivity contribution in [2.24, 2.45) is 5.92 Å². The van der Waals surface area contributed by atoms with Crippen LogP contribution in [0.2, 0.25) is 0 Å². The highest BCUT2D eigenvalue weighted by molar-refractivity contribution is 4.90. The van der Waals surface area contributed by atoms with E-state index in [0.29, 0.717) is 6.10 Å². The molecule has 4 unspecified atom stereocenters. The highest BCUT2D eigenvalue weighted by Gasteiger charge is 2.32. The van der Waals surface area contributed by atoms with E-state index in [1.807, 2.05) is 0 Å². The normalized spacial score (nSPS) is 39.0. The molecule has 2 saturated heterocycles. The SMILES string of the molecule is C1CCC(C2CCCCC2NCCC2CCCO2)NC1. The first-order valence-corrected chi connectivity index (χ1v) is 9.02. The predicted molar refractivity (Wildman–Crippen MR) is 83.0 cm³/mol. The molecule has 3 fully saturated rings. The van der Waals surface area contributed by atoms with E-state index in [9.17, 15) is 0 Å². The van der Waals surface area contributed by atoms with Gasteiger partial charge in [-0.1, -0.05) is 19.3 Å². The summed E-state index contributed by atoms with van der Waals surface area (Å²) in [4.78, 5) is 0. The van der Waals surface area contributed by atoms with Crippen LogP contribution in [0.15, 0.2) is 0 Å². The van der Waals surface area contributed by atoms with Gasteiger partial charge in [-0.3, -0.25) is 0 Å². The monoisotopic (exact) mass is 280 g/mol. The second-order valence-corrected chi connectivity index (χ2v) is 6.99. The maximum atomic E-state index is 5.73. The van der Waals surface area contributed by atoms with E-state index in [-0.39, 0.29) is 0 Å². The van der Waals surface area contributed by atoms with Crippen molar-refractivity contribution in [2.45, 2.75) is 82.4 Å². The Hall–Kier alpha value is -0.120. The molecule has 1 saturated carbocycles. The van der Waals surface area contributed by atoms with Crippen LogP contribution in [0.4, 0.5) is 0 Å². The summed E-state index contributed by atoms with van der Waals surface area (Å²) >= 11 is 0. The molecule has 3 aliphatic rings. The van der Waals surface area contributed by atoms with E-state index < -0.39 is 0 Å². The van der Waals surface area contributed by atoms with Crippen LogP contribution in [0.25, 0.3) is 0 Å². The molecule has 3 heteroatoms. The Morgan fingerprint density at radius 3 is 2.65 bits per heavy atom. The average molecular weight is 280 g/mol. The minimum absolute atomic E-state index is 0.539. The van der Waals surface area contributed by atoms with Gasteiger partial charge < -0.3 is 15.4 Å². The van der Waals surface area contributed by atoms with Crippen molar-refractivity contribution in [3.05, 3.63) is 0 Å². The molecule has 0 amide bonds. The highest BCUT2D eigenvalue weighted by atomic mass is 16.5. The van der Waals surface area contributed by atoms with E-state index in [1.165, 1.54) is 70.8 Å². The summed E-state index contributed by atoms with van der Waals surface area (Å²) in [6.07, 6.45) is 14.2. The molecule has 2 aliphatic heterocycles. The molecular formula is C17H32N2O. The van der Waals surface area contributed by atoms with Crippen molar-refractivity contribution in [3.8, 4) is 0 Å². The van der Waals surface area contributed by atoms with Crippen LogP contribution < -0.4 is 10.6 Å². The summed E-state index contributed by atoms with van der Waals surface area (Å²) in [5.41, 5.74) is 0. The second-order valence-electron chi connectivity index (χ2n) is 6.99. The van der Waals surface area contributed by atoms with Crippen molar-refractivity contribution < 1.29 is 4.74 Å². The van der Waals surface area contributed by atoms with Crippen LogP contribution in [0.3, 0.4) is 0 Å². The Morgan fingerprint density at radius 1 is 0.950 bits per heavy atom. The van der Waals surface area contributed by atoms with Gasteiger partial charge in [-0.05, 0) is 64.0 Å². The van der Waals surface area contributed by atoms with Gasteiger partial charge in [0.2, 0.25) is 0 Å². The fourth-order valence-corrected chi connectivity index (χ4v) is 4.44. The quantitative estimate of drug-likeness (QED) is 0.812. The van der Waals surface area contributed by atoms with Gasteiger partial charge in [-0.25, -0.2) is 0 Å². The third kappa shape index (κ3) is 3.96. The Balaban J connectivity index is 1.44. The van der Waals surface area contributed by atoms with Crippen LogP contribution in [-0.4, -0.2) is 37.9 Å². The third-order valence-electron chi connectivity index (χ3n) is 5.58. The Bertz CT molecular complexity index is 272. The first-order chi connectivity index (χ1) is 9.93. The molecule has 4 atom stereocenters. The van der Waals surface area contributed by atoms with Gasteiger partial charge in [0, 0.05) is 18.7 Å². The zero-order chi connectivity index (χ0) is 13.6. The highest BCUT2D eigenvalue weighted by Crippen LogP contribution is 2.30. The molecule has 2 heterocycles. The molecular weight excluding hydrogens is 248 g/mol. The van der Waals surface area contributed by atoms with Crippen molar-refractivity contribution >= 4 is 0 Å². The van der Waals surface area contributed by atoms with Crippen molar-refractivity contribution in [1.82, 2.24) is 10.6 Å². The van der Waals surface area contributed by atoms with Crippen LogP contribution in [0.1, 0.15) is 64.2 Å². The van der Waals surface area contributed by atoms with Crippen LogP contribution >= 0.6 is 0 Å². The predicted octanol–water partition coefficient (Wildman–Crippen LogP) is 2.85. The molecule has 0 aromatic rings. The zero-order valence-corrected chi connectivity index (χ0v) is 12.9. The summed E-state index contributed by atoms with van der Waals surface area (Å²) in [6, 6.07) is 1.53. The van der Waals surface area contributed by atoms with Crippen molar-refractivity contribution in [3.63, 3.8) is 0 Å². The first kappa shape index (κ1) is 14.8. The number of rotatable bonds is 5. The van der Waals surface area contributed by atoms with E-state index in [1.54, 1.807) is 0 Å². The smallest absolute Gasteiger partial charge is 0.0588 e. The molecule has 116 valence electrons. The van der Waals surface area contributed by atoms with Crippen LogP contribution in [-0.2, 0) is 4.74 Å². The fraction of sp³-hybridized carbons (Fsp3) is 1.00. The topological polar surface area (TPSA) is 33.3 Å². The summed E-state index contributed by atoms with van der Waals surface area (Å²) in [7, 11) is 0. The summed E-state index contributed by atoms with van der Waals surface area (Å²) in [5.74, 6) is 0.869. The number of nitrogens with one attached hydrogen (secondary N) is 2. The number of hydrogen-bond donors (Lipinski definition) is 2. The van der Waals surface area contributed by atoms with E-state index in [0.717, 1.165) is 31.2 Å². The van der Waals surface area contributed by atoms with Crippen molar-refractivity contribution in [2.75, 3.05) is 19.7 Å². The molecule has 20 heavy (non-hydrogen) atoms. The molecule has 3 rings (SSSR count). The van der Waals surface area contributed by atoms with Gasteiger partial charge in [0.05, 0.1) is 6.10 Å². The molecule has 0 radical (unpaired) electrons. The zero-order valence-electron chi connectivity index (χ0n) is 12.9. The Kier molecular flexibility index (Phi) is 5.75. The van der Waals surface area contributed by atoms with Gasteiger partial charge in [0.1, 0.15) is 0 Å². The molecule has 0 spiro atoms. The largest absolute Gasteiger partial charge is 0.378 e. The number of ether oxygens (including phenoxy) is 1. The lowest BCUT2D eigenvalue weighted by Crippen LogP contribution is -2.50. The number of piperidine rings is 1. The molecule has 0 aromatic heterocycles. The first-order valence-electron chi connectivity index (χ1n) is 9.02.